The predicted octanol–water partition coefficient (Wildman–Crippen LogP) is 1.21. The molecule has 0 spiro atoms. The summed E-state index contributed by atoms with van der Waals surface area (Å²) in [6.07, 6.45) is 0.407. The predicted molar refractivity (Wildman–Crippen MR) is 76.5 cm³/mol. The van der Waals surface area contributed by atoms with Gasteiger partial charge >= 0.3 is 0 Å². The van der Waals surface area contributed by atoms with Gasteiger partial charge in [0.05, 0.1) is 0 Å². The van der Waals surface area contributed by atoms with Crippen molar-refractivity contribution in [3.05, 3.63) is 35.6 Å². The first-order chi connectivity index (χ1) is 9.54. The van der Waals surface area contributed by atoms with E-state index in [1.54, 1.807) is 12.1 Å². The van der Waals surface area contributed by atoms with Crippen LogP contribution in [0.2, 0.25) is 0 Å². The molecular weight excluding hydrogens is 257 g/mol. The zero-order chi connectivity index (χ0) is 14.5. The number of benzene rings is 1. The van der Waals surface area contributed by atoms with Crippen LogP contribution in [0, 0.1) is 5.82 Å². The maximum atomic E-state index is 13.1. The number of hydrogen-bond acceptors (Lipinski definition) is 3. The summed E-state index contributed by atoms with van der Waals surface area (Å²) in [6.45, 7) is 5.66. The molecule has 1 atom stereocenters. The summed E-state index contributed by atoms with van der Waals surface area (Å²) in [5.74, 6) is -0.0707. The molecule has 0 bridgehead atoms. The Morgan fingerprint density at radius 1 is 1.35 bits per heavy atom. The van der Waals surface area contributed by atoms with Crippen molar-refractivity contribution in [2.75, 3.05) is 26.2 Å². The van der Waals surface area contributed by atoms with Crippen LogP contribution in [0.1, 0.15) is 18.9 Å². The van der Waals surface area contributed by atoms with Gasteiger partial charge in [-0.3, -0.25) is 9.69 Å². The minimum atomic E-state index is -0.201. The lowest BCUT2D eigenvalue weighted by atomic mass is 10.1. The van der Waals surface area contributed by atoms with E-state index in [9.17, 15) is 9.18 Å². The lowest BCUT2D eigenvalue weighted by Crippen LogP contribution is -2.49. The van der Waals surface area contributed by atoms with E-state index in [0.29, 0.717) is 6.42 Å². The number of carbonyl (C=O) groups excluding carboxylic acids is 1. The van der Waals surface area contributed by atoms with E-state index in [1.165, 1.54) is 6.07 Å². The molecule has 1 aromatic carbocycles. The summed E-state index contributed by atoms with van der Waals surface area (Å²) in [6, 6.07) is 6.58. The highest BCUT2D eigenvalue weighted by molar-refractivity contribution is 5.76. The van der Waals surface area contributed by atoms with Crippen LogP contribution in [0.3, 0.4) is 0 Å². The first kappa shape index (κ1) is 14.9. The molecule has 1 fully saturated rings. The van der Waals surface area contributed by atoms with Crippen molar-refractivity contribution < 1.29 is 9.18 Å². The Hall–Kier alpha value is -1.46. The molecular formula is C15H22FN3O. The minimum absolute atomic E-state index is 0.0900. The van der Waals surface area contributed by atoms with E-state index in [-0.39, 0.29) is 17.8 Å². The summed E-state index contributed by atoms with van der Waals surface area (Å²) in [5.41, 5.74) is 6.62. The Bertz CT molecular complexity index is 456. The second-order valence-electron chi connectivity index (χ2n) is 5.47. The molecule has 2 rings (SSSR count). The van der Waals surface area contributed by atoms with Gasteiger partial charge in [0.15, 0.2) is 0 Å². The zero-order valence-corrected chi connectivity index (χ0v) is 11.9. The molecule has 1 saturated heterocycles. The van der Waals surface area contributed by atoms with Crippen LogP contribution >= 0.6 is 0 Å². The highest BCUT2D eigenvalue weighted by atomic mass is 19.1. The van der Waals surface area contributed by atoms with Gasteiger partial charge in [-0.05, 0) is 24.6 Å². The molecule has 0 radical (unpaired) electrons. The van der Waals surface area contributed by atoms with Gasteiger partial charge in [-0.15, -0.1) is 0 Å². The Labute approximate surface area is 119 Å². The summed E-state index contributed by atoms with van der Waals surface area (Å²) < 4.78 is 13.1. The molecule has 1 aliphatic heterocycles. The average Bonchev–Trinajstić information content (AvgIpc) is 2.38. The van der Waals surface area contributed by atoms with Crippen LogP contribution in [-0.2, 0) is 11.3 Å². The highest BCUT2D eigenvalue weighted by Crippen LogP contribution is 2.11. The maximum Gasteiger partial charge on any atom is 0.224 e. The number of rotatable bonds is 4. The summed E-state index contributed by atoms with van der Waals surface area (Å²) in [5, 5.41) is 0. The van der Waals surface area contributed by atoms with E-state index in [2.05, 4.69) is 4.90 Å². The normalized spacial score (nSPS) is 18.1. The lowest BCUT2D eigenvalue weighted by molar-refractivity contribution is -0.133. The van der Waals surface area contributed by atoms with Gasteiger partial charge in [0.2, 0.25) is 5.91 Å². The van der Waals surface area contributed by atoms with Crippen molar-refractivity contribution in [1.82, 2.24) is 9.80 Å². The van der Waals surface area contributed by atoms with Gasteiger partial charge in [-0.1, -0.05) is 12.1 Å². The molecule has 1 heterocycles. The fourth-order valence-corrected chi connectivity index (χ4v) is 2.45. The second-order valence-corrected chi connectivity index (χ2v) is 5.47. The van der Waals surface area contributed by atoms with Crippen molar-refractivity contribution in [2.24, 2.45) is 5.73 Å². The van der Waals surface area contributed by atoms with Crippen molar-refractivity contribution in [3.8, 4) is 0 Å². The molecule has 0 aromatic heterocycles. The largest absolute Gasteiger partial charge is 0.340 e. The molecule has 0 aliphatic carbocycles. The van der Waals surface area contributed by atoms with Gasteiger partial charge in [-0.2, -0.15) is 0 Å². The molecule has 5 heteroatoms. The van der Waals surface area contributed by atoms with Crippen LogP contribution in [0.4, 0.5) is 4.39 Å². The SMILES string of the molecule is CC(N)CC(=O)N1CCN(Cc2cccc(F)c2)CC1. The molecule has 2 N–H and O–H groups in total. The number of hydrogen-bond donors (Lipinski definition) is 1. The lowest BCUT2D eigenvalue weighted by Gasteiger charge is -2.35. The van der Waals surface area contributed by atoms with E-state index in [0.717, 1.165) is 38.3 Å². The zero-order valence-electron chi connectivity index (χ0n) is 11.9. The van der Waals surface area contributed by atoms with Crippen molar-refractivity contribution in [3.63, 3.8) is 0 Å². The van der Waals surface area contributed by atoms with Crippen LogP contribution < -0.4 is 5.73 Å². The van der Waals surface area contributed by atoms with Crippen molar-refractivity contribution in [1.29, 1.82) is 0 Å². The summed E-state index contributed by atoms with van der Waals surface area (Å²) in [4.78, 5) is 16.0. The maximum absolute atomic E-state index is 13.1. The summed E-state index contributed by atoms with van der Waals surface area (Å²) in [7, 11) is 0. The first-order valence-electron chi connectivity index (χ1n) is 7.05. The Morgan fingerprint density at radius 2 is 2.05 bits per heavy atom. The van der Waals surface area contributed by atoms with Crippen LogP contribution in [0.15, 0.2) is 24.3 Å². The number of halogens is 1. The molecule has 4 nitrogen and oxygen atoms in total. The average molecular weight is 279 g/mol. The highest BCUT2D eigenvalue weighted by Gasteiger charge is 2.21. The van der Waals surface area contributed by atoms with Crippen LogP contribution in [0.5, 0.6) is 0 Å². The Balaban J connectivity index is 1.81. The molecule has 1 unspecified atom stereocenters. The molecule has 1 amide bonds. The third-order valence-electron chi connectivity index (χ3n) is 3.52. The standard InChI is InChI=1S/C15H22FN3O/c1-12(17)9-15(20)19-7-5-18(6-8-19)11-13-3-2-4-14(16)10-13/h2-4,10,12H,5-9,11,17H2,1H3. The molecule has 20 heavy (non-hydrogen) atoms. The molecule has 110 valence electrons. The molecule has 1 aromatic rings. The Kier molecular flexibility index (Phi) is 5.09. The summed E-state index contributed by atoms with van der Waals surface area (Å²) >= 11 is 0. The Morgan fingerprint density at radius 3 is 2.65 bits per heavy atom. The minimum Gasteiger partial charge on any atom is -0.340 e. The third-order valence-corrected chi connectivity index (χ3v) is 3.52. The first-order valence-corrected chi connectivity index (χ1v) is 7.05. The fourth-order valence-electron chi connectivity index (χ4n) is 2.45. The van der Waals surface area contributed by atoms with Crippen molar-refractivity contribution in [2.45, 2.75) is 25.9 Å². The van der Waals surface area contributed by atoms with E-state index in [1.807, 2.05) is 17.9 Å². The van der Waals surface area contributed by atoms with Crippen LogP contribution in [-0.4, -0.2) is 47.9 Å². The third kappa shape index (κ3) is 4.28. The fraction of sp³-hybridized carbons (Fsp3) is 0.533. The van der Waals surface area contributed by atoms with E-state index < -0.39 is 0 Å². The number of amides is 1. The van der Waals surface area contributed by atoms with Gasteiger partial charge in [0.1, 0.15) is 5.82 Å². The van der Waals surface area contributed by atoms with E-state index >= 15 is 0 Å². The number of nitrogens with two attached hydrogens (primary N) is 1. The molecule has 1 aliphatic rings. The number of nitrogens with zero attached hydrogens (tertiary/aromatic N) is 2. The monoisotopic (exact) mass is 279 g/mol. The quantitative estimate of drug-likeness (QED) is 0.901. The molecule has 0 saturated carbocycles. The smallest absolute Gasteiger partial charge is 0.224 e. The second kappa shape index (κ2) is 6.81. The topological polar surface area (TPSA) is 49.6 Å². The van der Waals surface area contributed by atoms with Crippen molar-refractivity contribution >= 4 is 5.91 Å². The number of carbonyl (C=O) groups is 1. The van der Waals surface area contributed by atoms with Gasteiger partial charge < -0.3 is 10.6 Å². The van der Waals surface area contributed by atoms with Gasteiger partial charge in [0, 0.05) is 45.2 Å². The number of piperazine rings is 1. The van der Waals surface area contributed by atoms with Gasteiger partial charge in [-0.25, -0.2) is 4.39 Å². The van der Waals surface area contributed by atoms with Crippen LogP contribution in [0.25, 0.3) is 0 Å². The van der Waals surface area contributed by atoms with E-state index in [4.69, 9.17) is 5.73 Å². The van der Waals surface area contributed by atoms with Gasteiger partial charge in [0.25, 0.3) is 0 Å².